The zero-order valence-electron chi connectivity index (χ0n) is 14.7. The highest BCUT2D eigenvalue weighted by Gasteiger charge is 2.35. The minimum Gasteiger partial charge on any atom is -0.391 e. The van der Waals surface area contributed by atoms with Crippen LogP contribution in [0.15, 0.2) is 24.3 Å². The van der Waals surface area contributed by atoms with E-state index in [1.807, 2.05) is 0 Å². The van der Waals surface area contributed by atoms with Gasteiger partial charge in [0.1, 0.15) is 0 Å². The molecule has 2 rings (SSSR count). The molecule has 1 N–H and O–H groups in total. The number of rotatable bonds is 11. The van der Waals surface area contributed by atoms with Gasteiger partial charge in [0, 0.05) is 0 Å². The molecule has 1 aromatic carbocycles. The van der Waals surface area contributed by atoms with Gasteiger partial charge in [0.25, 0.3) is 11.8 Å². The Balaban J connectivity index is 1.66. The van der Waals surface area contributed by atoms with Crippen LogP contribution in [0.2, 0.25) is 0 Å². The van der Waals surface area contributed by atoms with Crippen molar-refractivity contribution in [2.45, 2.75) is 70.8 Å². The third-order valence-electron chi connectivity index (χ3n) is 4.66. The van der Waals surface area contributed by atoms with Crippen LogP contribution in [-0.2, 0) is 0 Å². The molecule has 24 heavy (non-hydrogen) atoms. The van der Waals surface area contributed by atoms with Crippen LogP contribution in [0.3, 0.4) is 0 Å². The number of β-amino-alcohol motifs (C(OH)–C–C–N with tert-alkyl or cyclic N) is 1. The fourth-order valence-corrected chi connectivity index (χ4v) is 3.22. The zero-order valence-corrected chi connectivity index (χ0v) is 14.7. The van der Waals surface area contributed by atoms with Gasteiger partial charge in [-0.1, -0.05) is 70.4 Å². The maximum absolute atomic E-state index is 12.2. The predicted octanol–water partition coefficient (Wildman–Crippen LogP) is 4.17. The van der Waals surface area contributed by atoms with E-state index in [-0.39, 0.29) is 18.4 Å². The second kappa shape index (κ2) is 9.58. The normalized spacial score (nSPS) is 15.0. The molecule has 1 heterocycles. The van der Waals surface area contributed by atoms with Crippen LogP contribution < -0.4 is 0 Å². The Bertz CT molecular complexity index is 521. The molecular weight excluding hydrogens is 302 g/mol. The number of hydrogen-bond acceptors (Lipinski definition) is 3. The maximum Gasteiger partial charge on any atom is 0.261 e. The van der Waals surface area contributed by atoms with E-state index in [2.05, 4.69) is 6.92 Å². The Labute approximate surface area is 144 Å². The molecule has 0 spiro atoms. The molecule has 0 radical (unpaired) electrons. The Hall–Kier alpha value is -1.68. The van der Waals surface area contributed by atoms with Crippen molar-refractivity contribution >= 4 is 11.8 Å². The van der Waals surface area contributed by atoms with Crippen molar-refractivity contribution in [3.8, 4) is 0 Å². The van der Waals surface area contributed by atoms with Crippen LogP contribution in [0.25, 0.3) is 0 Å². The fraction of sp³-hybridized carbons (Fsp3) is 0.600. The summed E-state index contributed by atoms with van der Waals surface area (Å²) in [4.78, 5) is 25.7. The topological polar surface area (TPSA) is 57.6 Å². The lowest BCUT2D eigenvalue weighted by Crippen LogP contribution is -2.36. The minimum atomic E-state index is -0.632. The van der Waals surface area contributed by atoms with Gasteiger partial charge in [0.2, 0.25) is 0 Å². The standard InChI is InChI=1S/C20H29NO3/c1-2-3-4-5-6-7-8-9-12-16(22)15-21-19(23)17-13-10-11-14-18(17)20(21)24/h10-11,13-14,16,22H,2-9,12,15H2,1H3. The SMILES string of the molecule is CCCCCCCCCCC(O)CN1C(=O)c2ccccc2C1=O. The first-order valence-electron chi connectivity index (χ1n) is 9.28. The molecule has 1 aliphatic heterocycles. The average Bonchev–Trinajstić information content (AvgIpc) is 2.83. The van der Waals surface area contributed by atoms with Crippen LogP contribution in [0.5, 0.6) is 0 Å². The molecule has 0 aliphatic carbocycles. The highest BCUT2D eigenvalue weighted by Crippen LogP contribution is 2.23. The monoisotopic (exact) mass is 331 g/mol. The quantitative estimate of drug-likeness (QED) is 0.489. The van der Waals surface area contributed by atoms with E-state index in [0.717, 1.165) is 12.8 Å². The summed E-state index contributed by atoms with van der Waals surface area (Å²) >= 11 is 0. The van der Waals surface area contributed by atoms with Gasteiger partial charge in [-0.05, 0) is 18.6 Å². The largest absolute Gasteiger partial charge is 0.391 e. The molecular formula is C20H29NO3. The second-order valence-electron chi connectivity index (χ2n) is 6.68. The molecule has 1 aliphatic rings. The van der Waals surface area contributed by atoms with Crippen molar-refractivity contribution in [2.24, 2.45) is 0 Å². The highest BCUT2D eigenvalue weighted by molar-refractivity contribution is 6.21. The molecule has 0 saturated heterocycles. The van der Waals surface area contributed by atoms with Crippen LogP contribution in [0.1, 0.15) is 85.4 Å². The Morgan fingerprint density at radius 3 is 1.92 bits per heavy atom. The summed E-state index contributed by atoms with van der Waals surface area (Å²) in [6, 6.07) is 6.84. The summed E-state index contributed by atoms with van der Waals surface area (Å²) in [5.74, 6) is -0.573. The molecule has 1 aromatic rings. The van der Waals surface area contributed by atoms with Crippen LogP contribution in [0, 0.1) is 0 Å². The first kappa shape index (κ1) is 18.7. The van der Waals surface area contributed by atoms with Gasteiger partial charge in [-0.3, -0.25) is 14.5 Å². The van der Waals surface area contributed by atoms with Gasteiger partial charge in [0.15, 0.2) is 0 Å². The summed E-state index contributed by atoms with van der Waals surface area (Å²) in [6.45, 7) is 2.32. The predicted molar refractivity (Wildman–Crippen MR) is 95.0 cm³/mol. The van der Waals surface area contributed by atoms with E-state index in [9.17, 15) is 14.7 Å². The first-order valence-corrected chi connectivity index (χ1v) is 9.28. The van der Waals surface area contributed by atoms with Gasteiger partial charge in [-0.2, -0.15) is 0 Å². The third kappa shape index (κ3) is 4.91. The second-order valence-corrected chi connectivity index (χ2v) is 6.68. The van der Waals surface area contributed by atoms with Crippen molar-refractivity contribution in [2.75, 3.05) is 6.54 Å². The molecule has 0 bridgehead atoms. The van der Waals surface area contributed by atoms with Crippen LogP contribution in [-0.4, -0.2) is 34.5 Å². The number of imide groups is 1. The van der Waals surface area contributed by atoms with E-state index in [1.54, 1.807) is 24.3 Å². The van der Waals surface area contributed by atoms with Crippen molar-refractivity contribution in [1.82, 2.24) is 4.90 Å². The van der Waals surface area contributed by atoms with Gasteiger partial charge in [-0.25, -0.2) is 0 Å². The molecule has 2 amide bonds. The van der Waals surface area contributed by atoms with Crippen molar-refractivity contribution in [1.29, 1.82) is 0 Å². The van der Waals surface area contributed by atoms with E-state index in [0.29, 0.717) is 17.5 Å². The number of carbonyl (C=O) groups excluding carboxylic acids is 2. The first-order chi connectivity index (χ1) is 11.6. The fourth-order valence-electron chi connectivity index (χ4n) is 3.22. The summed E-state index contributed by atoms with van der Waals surface area (Å²) in [5.41, 5.74) is 0.892. The highest BCUT2D eigenvalue weighted by atomic mass is 16.3. The minimum absolute atomic E-state index is 0.100. The summed E-state index contributed by atoms with van der Waals surface area (Å²) in [5, 5.41) is 10.2. The molecule has 4 nitrogen and oxygen atoms in total. The lowest BCUT2D eigenvalue weighted by molar-refractivity contribution is 0.0530. The number of carbonyl (C=O) groups is 2. The van der Waals surface area contributed by atoms with Gasteiger partial charge in [-0.15, -0.1) is 0 Å². The zero-order chi connectivity index (χ0) is 17.4. The Morgan fingerprint density at radius 2 is 1.38 bits per heavy atom. The van der Waals surface area contributed by atoms with Gasteiger partial charge >= 0.3 is 0 Å². The molecule has 132 valence electrons. The van der Waals surface area contributed by atoms with E-state index in [4.69, 9.17) is 0 Å². The Morgan fingerprint density at radius 1 is 0.875 bits per heavy atom. The lowest BCUT2D eigenvalue weighted by Gasteiger charge is -2.18. The van der Waals surface area contributed by atoms with Crippen LogP contribution >= 0.6 is 0 Å². The number of hydrogen-bond donors (Lipinski definition) is 1. The number of aliphatic hydroxyl groups excluding tert-OH is 1. The lowest BCUT2D eigenvalue weighted by atomic mass is 10.1. The molecule has 1 unspecified atom stereocenters. The summed E-state index contributed by atoms with van der Waals surface area (Å²) in [6.07, 6.45) is 9.71. The molecule has 0 fully saturated rings. The summed E-state index contributed by atoms with van der Waals surface area (Å²) in [7, 11) is 0. The molecule has 0 saturated carbocycles. The smallest absolute Gasteiger partial charge is 0.261 e. The number of aliphatic hydroxyl groups is 1. The maximum atomic E-state index is 12.2. The number of nitrogens with zero attached hydrogens (tertiary/aromatic N) is 1. The number of fused-ring (bicyclic) bond motifs is 1. The average molecular weight is 331 g/mol. The molecule has 0 aromatic heterocycles. The van der Waals surface area contributed by atoms with E-state index in [1.165, 1.54) is 43.4 Å². The van der Waals surface area contributed by atoms with E-state index >= 15 is 0 Å². The number of benzene rings is 1. The van der Waals surface area contributed by atoms with Crippen molar-refractivity contribution in [3.63, 3.8) is 0 Å². The third-order valence-corrected chi connectivity index (χ3v) is 4.66. The van der Waals surface area contributed by atoms with Crippen molar-refractivity contribution in [3.05, 3.63) is 35.4 Å². The Kier molecular flexibility index (Phi) is 7.44. The molecule has 4 heteroatoms. The van der Waals surface area contributed by atoms with E-state index < -0.39 is 6.10 Å². The number of unbranched alkanes of at least 4 members (excludes halogenated alkanes) is 7. The van der Waals surface area contributed by atoms with Gasteiger partial charge < -0.3 is 5.11 Å². The molecule has 1 atom stereocenters. The van der Waals surface area contributed by atoms with Crippen molar-refractivity contribution < 1.29 is 14.7 Å². The number of amides is 2. The summed E-state index contributed by atoms with van der Waals surface area (Å²) < 4.78 is 0. The van der Waals surface area contributed by atoms with Gasteiger partial charge in [0.05, 0.1) is 23.8 Å². The van der Waals surface area contributed by atoms with Crippen LogP contribution in [0.4, 0.5) is 0 Å².